The van der Waals surface area contributed by atoms with E-state index in [0.717, 1.165) is 17.9 Å². The van der Waals surface area contributed by atoms with Gasteiger partial charge in [-0.15, -0.1) is 23.5 Å². The highest BCUT2D eigenvalue weighted by molar-refractivity contribution is 8.18. The largest absolute Gasteiger partial charge is 0.438 e. The number of Topliss-reactive ketones (excluding diaryl/α,β-unsaturated/α-hetero) is 1. The summed E-state index contributed by atoms with van der Waals surface area (Å²) in [5.74, 6) is 2.00. The van der Waals surface area contributed by atoms with Gasteiger partial charge in [0.2, 0.25) is 0 Å². The number of carbonyl (C=O) groups is 2. The van der Waals surface area contributed by atoms with E-state index in [-0.39, 0.29) is 15.9 Å². The highest BCUT2D eigenvalue weighted by Gasteiger charge is 2.29. The van der Waals surface area contributed by atoms with Crippen LogP contribution in [0.15, 0.2) is 0 Å². The predicted molar refractivity (Wildman–Crippen MR) is 77.2 cm³/mol. The van der Waals surface area contributed by atoms with Crippen LogP contribution >= 0.6 is 23.5 Å². The number of amides is 1. The molecule has 1 heterocycles. The highest BCUT2D eigenvalue weighted by atomic mass is 32.2. The number of ketones is 1. The van der Waals surface area contributed by atoms with Crippen LogP contribution in [0.4, 0.5) is 4.79 Å². The molecule has 1 aliphatic heterocycles. The molecule has 0 aromatic heterocycles. The van der Waals surface area contributed by atoms with Gasteiger partial charge in [0.05, 0.1) is 0 Å². The molecule has 0 bridgehead atoms. The molecule has 1 rings (SSSR count). The SMILES string of the molecule is CC(OC(=O)NC(C)(C)C)C(=O)C1SCCCS1. The van der Waals surface area contributed by atoms with Gasteiger partial charge in [-0.2, -0.15) is 0 Å². The first-order valence-corrected chi connectivity index (χ1v) is 8.15. The molecule has 1 amide bonds. The average molecular weight is 291 g/mol. The number of alkyl carbamates (subject to hydrolysis) is 1. The minimum absolute atomic E-state index is 0.00578. The highest BCUT2D eigenvalue weighted by Crippen LogP contribution is 2.32. The minimum atomic E-state index is -0.685. The lowest BCUT2D eigenvalue weighted by atomic mass is 10.1. The summed E-state index contributed by atoms with van der Waals surface area (Å²) in [5.41, 5.74) is -0.353. The molecule has 18 heavy (non-hydrogen) atoms. The molecule has 1 saturated heterocycles. The van der Waals surface area contributed by atoms with Crippen LogP contribution in [-0.4, -0.2) is 39.6 Å². The second-order valence-corrected chi connectivity index (χ2v) is 7.98. The summed E-state index contributed by atoms with van der Waals surface area (Å²) >= 11 is 3.28. The van der Waals surface area contributed by atoms with Crippen molar-refractivity contribution in [2.24, 2.45) is 0 Å². The maximum atomic E-state index is 12.1. The third kappa shape index (κ3) is 5.52. The zero-order valence-corrected chi connectivity index (χ0v) is 13.0. The molecule has 0 radical (unpaired) electrons. The zero-order chi connectivity index (χ0) is 13.8. The molecule has 0 spiro atoms. The third-order valence-electron chi connectivity index (χ3n) is 2.22. The van der Waals surface area contributed by atoms with Crippen molar-refractivity contribution in [3.63, 3.8) is 0 Å². The molecule has 1 atom stereocenters. The van der Waals surface area contributed by atoms with Crippen molar-refractivity contribution in [1.82, 2.24) is 5.32 Å². The summed E-state index contributed by atoms with van der Waals surface area (Å²) in [5, 5.41) is 2.68. The van der Waals surface area contributed by atoms with Crippen LogP contribution in [0.3, 0.4) is 0 Å². The summed E-state index contributed by atoms with van der Waals surface area (Å²) in [6.07, 6.45) is -0.0802. The summed E-state index contributed by atoms with van der Waals surface area (Å²) in [6.45, 7) is 7.25. The van der Waals surface area contributed by atoms with Crippen LogP contribution in [0.5, 0.6) is 0 Å². The van der Waals surface area contributed by atoms with Gasteiger partial charge >= 0.3 is 6.09 Å². The van der Waals surface area contributed by atoms with Gasteiger partial charge in [0, 0.05) is 5.54 Å². The van der Waals surface area contributed by atoms with Crippen molar-refractivity contribution in [1.29, 1.82) is 0 Å². The lowest BCUT2D eigenvalue weighted by Gasteiger charge is -2.24. The van der Waals surface area contributed by atoms with E-state index in [1.165, 1.54) is 0 Å². The molecule has 6 heteroatoms. The minimum Gasteiger partial charge on any atom is -0.438 e. The Bertz CT molecular complexity index is 309. The van der Waals surface area contributed by atoms with E-state index < -0.39 is 12.2 Å². The molecule has 1 fully saturated rings. The monoisotopic (exact) mass is 291 g/mol. The number of rotatable bonds is 3. The summed E-state index contributed by atoms with van der Waals surface area (Å²) in [6, 6.07) is 0. The first-order valence-electron chi connectivity index (χ1n) is 6.05. The van der Waals surface area contributed by atoms with Crippen LogP contribution in [0.2, 0.25) is 0 Å². The first kappa shape index (κ1) is 15.7. The predicted octanol–water partition coefficient (Wildman–Crippen LogP) is 2.66. The van der Waals surface area contributed by atoms with Gasteiger partial charge in [0.15, 0.2) is 11.9 Å². The summed E-state index contributed by atoms with van der Waals surface area (Å²) < 4.78 is 5.03. The quantitative estimate of drug-likeness (QED) is 0.866. The molecular weight excluding hydrogens is 270 g/mol. The average Bonchev–Trinajstić information content (AvgIpc) is 2.26. The fraction of sp³-hybridized carbons (Fsp3) is 0.833. The lowest BCUT2D eigenvalue weighted by molar-refractivity contribution is -0.124. The second-order valence-electron chi connectivity index (χ2n) is 5.25. The van der Waals surface area contributed by atoms with Gasteiger partial charge in [0.25, 0.3) is 0 Å². The van der Waals surface area contributed by atoms with Crippen molar-refractivity contribution in [3.8, 4) is 0 Å². The smallest absolute Gasteiger partial charge is 0.408 e. The number of hydrogen-bond donors (Lipinski definition) is 1. The number of thioether (sulfide) groups is 2. The number of hydrogen-bond acceptors (Lipinski definition) is 5. The fourth-order valence-electron chi connectivity index (χ4n) is 1.40. The van der Waals surface area contributed by atoms with Crippen molar-refractivity contribution >= 4 is 35.4 Å². The Morgan fingerprint density at radius 3 is 2.33 bits per heavy atom. The Morgan fingerprint density at radius 2 is 1.83 bits per heavy atom. The molecule has 0 aliphatic carbocycles. The van der Waals surface area contributed by atoms with E-state index in [4.69, 9.17) is 4.74 Å². The first-order chi connectivity index (χ1) is 8.29. The topological polar surface area (TPSA) is 55.4 Å². The Morgan fingerprint density at radius 1 is 1.28 bits per heavy atom. The Labute approximate surface area is 117 Å². The summed E-state index contributed by atoms with van der Waals surface area (Å²) in [4.78, 5) is 23.6. The Hall–Kier alpha value is -0.360. The van der Waals surface area contributed by atoms with E-state index in [1.54, 1.807) is 30.4 Å². The van der Waals surface area contributed by atoms with Crippen LogP contribution in [0.25, 0.3) is 0 Å². The maximum absolute atomic E-state index is 12.1. The Balaban J connectivity index is 2.41. The summed E-state index contributed by atoms with van der Waals surface area (Å²) in [7, 11) is 0. The van der Waals surface area contributed by atoms with E-state index in [9.17, 15) is 9.59 Å². The van der Waals surface area contributed by atoms with Gasteiger partial charge < -0.3 is 10.1 Å². The Kier molecular flexibility index (Phi) is 5.85. The van der Waals surface area contributed by atoms with Gasteiger partial charge in [-0.05, 0) is 45.6 Å². The molecule has 104 valence electrons. The van der Waals surface area contributed by atoms with Crippen molar-refractivity contribution in [3.05, 3.63) is 0 Å². The second kappa shape index (κ2) is 6.70. The number of ether oxygens (including phenoxy) is 1. The van der Waals surface area contributed by atoms with Crippen LogP contribution in [-0.2, 0) is 9.53 Å². The van der Waals surface area contributed by atoms with Gasteiger partial charge in [-0.25, -0.2) is 4.79 Å². The molecule has 4 nitrogen and oxygen atoms in total. The molecule has 0 saturated carbocycles. The van der Waals surface area contributed by atoms with Crippen molar-refractivity contribution in [2.75, 3.05) is 11.5 Å². The maximum Gasteiger partial charge on any atom is 0.408 e. The molecule has 0 aromatic carbocycles. The zero-order valence-electron chi connectivity index (χ0n) is 11.3. The van der Waals surface area contributed by atoms with Gasteiger partial charge in [0.1, 0.15) is 4.58 Å². The van der Waals surface area contributed by atoms with E-state index in [2.05, 4.69) is 5.32 Å². The van der Waals surface area contributed by atoms with Crippen molar-refractivity contribution < 1.29 is 14.3 Å². The molecule has 0 aromatic rings. The third-order valence-corrected chi connectivity index (χ3v) is 5.16. The van der Waals surface area contributed by atoms with Crippen LogP contribution < -0.4 is 5.32 Å². The molecular formula is C12H21NO3S2. The number of nitrogens with one attached hydrogen (secondary N) is 1. The standard InChI is InChI=1S/C12H21NO3S2/c1-8(16-11(15)13-12(2,3)4)9(14)10-17-6-5-7-18-10/h8,10H,5-7H2,1-4H3,(H,13,15). The fourth-order valence-corrected chi connectivity index (χ4v) is 4.30. The van der Waals surface area contributed by atoms with Crippen LogP contribution in [0, 0.1) is 0 Å². The van der Waals surface area contributed by atoms with E-state index in [1.807, 2.05) is 20.8 Å². The molecule has 1 N–H and O–H groups in total. The van der Waals surface area contributed by atoms with Crippen molar-refractivity contribution in [2.45, 2.75) is 50.3 Å². The normalized spacial score (nSPS) is 19.1. The van der Waals surface area contributed by atoms with Crippen LogP contribution in [0.1, 0.15) is 34.1 Å². The van der Waals surface area contributed by atoms with Gasteiger partial charge in [-0.3, -0.25) is 4.79 Å². The lowest BCUT2D eigenvalue weighted by Crippen LogP contribution is -2.43. The van der Waals surface area contributed by atoms with Gasteiger partial charge in [-0.1, -0.05) is 0 Å². The van der Waals surface area contributed by atoms with E-state index >= 15 is 0 Å². The molecule has 1 aliphatic rings. The number of carbonyl (C=O) groups excluding carboxylic acids is 2. The molecule has 1 unspecified atom stereocenters. The van der Waals surface area contributed by atoms with E-state index in [0.29, 0.717) is 0 Å².